The molecule has 2 heterocycles. The van der Waals surface area contributed by atoms with Gasteiger partial charge in [0, 0.05) is 4.75 Å². The van der Waals surface area contributed by atoms with Crippen LogP contribution >= 0.6 is 23.5 Å². The zero-order chi connectivity index (χ0) is 6.32. The highest BCUT2D eigenvalue weighted by molar-refractivity contribution is 8.24. The first-order valence-corrected chi connectivity index (χ1v) is 5.53. The van der Waals surface area contributed by atoms with Gasteiger partial charge in [-0.25, -0.2) is 0 Å². The molecule has 2 rings (SSSR count). The molecule has 0 saturated carbocycles. The fraction of sp³-hybridized carbons (Fsp3) is 1.00. The Morgan fingerprint density at radius 1 is 1.44 bits per heavy atom. The second-order valence-corrected chi connectivity index (χ2v) is 6.24. The summed E-state index contributed by atoms with van der Waals surface area (Å²) in [6, 6.07) is 0. The molecule has 2 atom stereocenters. The Labute approximate surface area is 65.2 Å². The molecule has 0 aromatic rings. The van der Waals surface area contributed by atoms with Crippen molar-refractivity contribution in [1.82, 2.24) is 0 Å². The molecule has 0 spiro atoms. The second kappa shape index (κ2) is 2.09. The molecule has 0 aliphatic carbocycles. The highest BCUT2D eigenvalue weighted by Crippen LogP contribution is 2.62. The Bertz CT molecular complexity index is 124. The lowest BCUT2D eigenvalue weighted by molar-refractivity contribution is 0.646. The largest absolute Gasteiger partial charge is 0.146 e. The Hall–Kier alpha value is 0.700. The Morgan fingerprint density at radius 3 is 3.22 bits per heavy atom. The fourth-order valence-electron chi connectivity index (χ4n) is 1.37. The molecule has 0 N–H and O–H groups in total. The first-order valence-electron chi connectivity index (χ1n) is 3.61. The number of hydrogen-bond acceptors (Lipinski definition) is 2. The van der Waals surface area contributed by atoms with Crippen LogP contribution in [0.3, 0.4) is 0 Å². The van der Waals surface area contributed by atoms with Crippen molar-refractivity contribution >= 4 is 23.5 Å². The summed E-state index contributed by atoms with van der Waals surface area (Å²) in [5.74, 6) is 1.41. The molecule has 2 aliphatic heterocycles. The van der Waals surface area contributed by atoms with Gasteiger partial charge in [0.05, 0.1) is 4.58 Å². The monoisotopic (exact) mass is 160 g/mol. The van der Waals surface area contributed by atoms with Gasteiger partial charge in [0.2, 0.25) is 0 Å². The van der Waals surface area contributed by atoms with Gasteiger partial charge in [-0.1, -0.05) is 6.42 Å². The molecule has 2 aliphatic rings. The number of fused-ring (bicyclic) bond motifs is 1. The third-order valence-electron chi connectivity index (χ3n) is 2.15. The van der Waals surface area contributed by atoms with E-state index in [1.54, 1.807) is 0 Å². The smallest absolute Gasteiger partial charge is 0.0652 e. The second-order valence-electron chi connectivity index (χ2n) is 3.09. The van der Waals surface area contributed by atoms with Crippen LogP contribution < -0.4 is 0 Å². The minimum Gasteiger partial charge on any atom is -0.146 e. The van der Waals surface area contributed by atoms with E-state index in [1.165, 1.54) is 25.0 Å². The van der Waals surface area contributed by atoms with Crippen molar-refractivity contribution in [2.24, 2.45) is 0 Å². The summed E-state index contributed by atoms with van der Waals surface area (Å²) in [5, 5.41) is 0. The van der Waals surface area contributed by atoms with E-state index in [0.717, 1.165) is 4.58 Å². The molecule has 2 fully saturated rings. The van der Waals surface area contributed by atoms with Crippen molar-refractivity contribution in [3.05, 3.63) is 0 Å². The summed E-state index contributed by atoms with van der Waals surface area (Å²) in [5.41, 5.74) is 0. The normalized spacial score (nSPS) is 49.7. The molecule has 0 nitrogen and oxygen atoms in total. The SMILES string of the molecule is CC12CCCCSC1S2. The van der Waals surface area contributed by atoms with Crippen molar-refractivity contribution in [3.63, 3.8) is 0 Å². The van der Waals surface area contributed by atoms with Gasteiger partial charge in [-0.3, -0.25) is 0 Å². The van der Waals surface area contributed by atoms with Crippen LogP contribution in [-0.4, -0.2) is 15.1 Å². The van der Waals surface area contributed by atoms with E-state index in [1.807, 2.05) is 0 Å². The molecule has 2 unspecified atom stereocenters. The molecule has 52 valence electrons. The zero-order valence-corrected chi connectivity index (χ0v) is 7.36. The maximum absolute atomic E-state index is 2.42. The van der Waals surface area contributed by atoms with E-state index in [2.05, 4.69) is 30.4 Å². The molecule has 0 amide bonds. The van der Waals surface area contributed by atoms with E-state index in [-0.39, 0.29) is 0 Å². The van der Waals surface area contributed by atoms with E-state index in [0.29, 0.717) is 4.75 Å². The molecule has 0 aromatic carbocycles. The molecule has 0 bridgehead atoms. The van der Waals surface area contributed by atoms with Gasteiger partial charge in [-0.05, 0) is 25.5 Å². The Balaban J connectivity index is 2.00. The van der Waals surface area contributed by atoms with E-state index in [9.17, 15) is 0 Å². The minimum absolute atomic E-state index is 0.709. The van der Waals surface area contributed by atoms with Gasteiger partial charge in [0.1, 0.15) is 0 Å². The van der Waals surface area contributed by atoms with Gasteiger partial charge in [-0.15, -0.1) is 23.5 Å². The van der Waals surface area contributed by atoms with Gasteiger partial charge in [-0.2, -0.15) is 0 Å². The van der Waals surface area contributed by atoms with Crippen LogP contribution in [0.5, 0.6) is 0 Å². The predicted octanol–water partition coefficient (Wildman–Crippen LogP) is 2.74. The summed E-state index contributed by atoms with van der Waals surface area (Å²) >= 11 is 4.35. The molecule has 0 radical (unpaired) electrons. The number of hydrogen-bond donors (Lipinski definition) is 0. The van der Waals surface area contributed by atoms with Gasteiger partial charge in [0.25, 0.3) is 0 Å². The van der Waals surface area contributed by atoms with Crippen LogP contribution in [0.2, 0.25) is 0 Å². The summed E-state index contributed by atoms with van der Waals surface area (Å²) < 4.78 is 1.68. The standard InChI is InChI=1S/C7H12S2/c1-7-4-2-3-5-8-6(7)9-7/h6H,2-5H2,1H3. The minimum atomic E-state index is 0.709. The highest BCUT2D eigenvalue weighted by Gasteiger charge is 2.51. The predicted molar refractivity (Wildman–Crippen MR) is 46.1 cm³/mol. The molecular weight excluding hydrogens is 148 g/mol. The lowest BCUT2D eigenvalue weighted by Gasteiger charge is -2.01. The summed E-state index contributed by atoms with van der Waals surface area (Å²) in [7, 11) is 0. The Kier molecular flexibility index (Phi) is 1.49. The van der Waals surface area contributed by atoms with Crippen molar-refractivity contribution in [2.45, 2.75) is 35.5 Å². The van der Waals surface area contributed by atoms with Crippen LogP contribution in [0.25, 0.3) is 0 Å². The van der Waals surface area contributed by atoms with E-state index < -0.39 is 0 Å². The van der Waals surface area contributed by atoms with E-state index in [4.69, 9.17) is 0 Å². The Morgan fingerprint density at radius 2 is 2.33 bits per heavy atom. The summed E-state index contributed by atoms with van der Waals surface area (Å²) in [4.78, 5) is 0. The average molecular weight is 160 g/mol. The van der Waals surface area contributed by atoms with Crippen molar-refractivity contribution in [1.29, 1.82) is 0 Å². The highest BCUT2D eigenvalue weighted by atomic mass is 32.2. The fourth-order valence-corrected chi connectivity index (χ4v) is 4.65. The van der Waals surface area contributed by atoms with Crippen LogP contribution in [0.1, 0.15) is 26.2 Å². The lowest BCUT2D eigenvalue weighted by Crippen LogP contribution is -2.03. The molecule has 2 heteroatoms. The maximum Gasteiger partial charge on any atom is 0.0652 e. The van der Waals surface area contributed by atoms with Crippen LogP contribution in [-0.2, 0) is 0 Å². The lowest BCUT2D eigenvalue weighted by atomic mass is 10.1. The molecule has 2 saturated heterocycles. The third-order valence-corrected chi connectivity index (χ3v) is 5.81. The van der Waals surface area contributed by atoms with Crippen LogP contribution in [0.15, 0.2) is 0 Å². The molecular formula is C7H12S2. The first kappa shape index (κ1) is 6.41. The quantitative estimate of drug-likeness (QED) is 0.500. The third kappa shape index (κ3) is 1.12. The first-order chi connectivity index (χ1) is 4.31. The average Bonchev–Trinajstić information content (AvgIpc) is 2.40. The van der Waals surface area contributed by atoms with Crippen LogP contribution in [0, 0.1) is 0 Å². The van der Waals surface area contributed by atoms with Crippen molar-refractivity contribution in [2.75, 3.05) is 5.75 Å². The molecule has 9 heavy (non-hydrogen) atoms. The van der Waals surface area contributed by atoms with Gasteiger partial charge < -0.3 is 0 Å². The summed E-state index contributed by atoms with van der Waals surface area (Å²) in [6.45, 7) is 2.42. The number of rotatable bonds is 0. The van der Waals surface area contributed by atoms with E-state index >= 15 is 0 Å². The van der Waals surface area contributed by atoms with Crippen molar-refractivity contribution in [3.8, 4) is 0 Å². The van der Waals surface area contributed by atoms with Crippen LogP contribution in [0.4, 0.5) is 0 Å². The zero-order valence-electron chi connectivity index (χ0n) is 5.72. The number of thioether (sulfide) groups is 2. The van der Waals surface area contributed by atoms with Gasteiger partial charge in [0.15, 0.2) is 0 Å². The summed E-state index contributed by atoms with van der Waals surface area (Å²) in [6.07, 6.45) is 4.39. The van der Waals surface area contributed by atoms with Crippen molar-refractivity contribution < 1.29 is 0 Å². The molecule has 0 aromatic heterocycles. The maximum atomic E-state index is 2.42. The topological polar surface area (TPSA) is 0 Å². The van der Waals surface area contributed by atoms with Gasteiger partial charge >= 0.3 is 0 Å².